The average molecular weight is 295 g/mol. The fraction of sp³-hybridized carbons (Fsp3) is 0.100. The number of halogens is 3. The van der Waals surface area contributed by atoms with Crippen LogP contribution in [0.3, 0.4) is 0 Å². The Bertz CT molecular complexity index is 550. The molecule has 0 aliphatic carbocycles. The van der Waals surface area contributed by atoms with Gasteiger partial charge in [-0.2, -0.15) is 0 Å². The van der Waals surface area contributed by atoms with Crippen molar-refractivity contribution in [2.45, 2.75) is 6.61 Å². The first-order valence-corrected chi connectivity index (χ1v) is 6.13. The number of fused-ring (bicyclic) bond motifs is 1. The van der Waals surface area contributed by atoms with Gasteiger partial charge < -0.3 is 4.74 Å². The topological polar surface area (TPSA) is 26.3 Å². The summed E-state index contributed by atoms with van der Waals surface area (Å²) in [5.41, 5.74) is 0. The van der Waals surface area contributed by atoms with Gasteiger partial charge in [-0.05, 0) is 12.1 Å². The van der Waals surface area contributed by atoms with Crippen molar-refractivity contribution in [2.24, 2.45) is 0 Å². The Morgan fingerprint density at radius 1 is 1.25 bits per heavy atom. The number of thiophene rings is 1. The molecule has 2 rings (SSSR count). The molecule has 1 aromatic heterocycles. The van der Waals surface area contributed by atoms with E-state index in [4.69, 9.17) is 34.8 Å². The molecule has 16 heavy (non-hydrogen) atoms. The lowest BCUT2D eigenvalue weighted by atomic mass is 10.2. The van der Waals surface area contributed by atoms with Crippen LogP contribution in [0.25, 0.3) is 10.1 Å². The Labute approximate surface area is 111 Å². The van der Waals surface area contributed by atoms with E-state index in [1.165, 1.54) is 17.8 Å². The minimum absolute atomic E-state index is 0.175. The van der Waals surface area contributed by atoms with Crippen LogP contribution >= 0.6 is 46.1 Å². The molecular weight excluding hydrogens is 291 g/mol. The Hall–Kier alpha value is -0.480. The highest BCUT2D eigenvalue weighted by Crippen LogP contribution is 2.40. The van der Waals surface area contributed by atoms with Gasteiger partial charge in [-0.15, -0.1) is 11.3 Å². The van der Waals surface area contributed by atoms with Crippen LogP contribution < -0.4 is 0 Å². The van der Waals surface area contributed by atoms with E-state index in [0.29, 0.717) is 15.1 Å². The van der Waals surface area contributed by atoms with Crippen LogP contribution in [0.15, 0.2) is 12.1 Å². The Kier molecular flexibility index (Phi) is 3.60. The van der Waals surface area contributed by atoms with Crippen molar-refractivity contribution in [3.8, 4) is 0 Å². The van der Waals surface area contributed by atoms with Gasteiger partial charge in [-0.1, -0.05) is 34.8 Å². The number of benzene rings is 1. The predicted molar refractivity (Wildman–Crippen MR) is 67.3 cm³/mol. The highest BCUT2D eigenvalue weighted by Gasteiger charge is 2.12. The second-order valence-corrected chi connectivity index (χ2v) is 5.31. The lowest BCUT2D eigenvalue weighted by Crippen LogP contribution is -1.84. The van der Waals surface area contributed by atoms with Crippen molar-refractivity contribution >= 4 is 62.7 Å². The van der Waals surface area contributed by atoms with Crippen molar-refractivity contribution < 1.29 is 9.53 Å². The summed E-state index contributed by atoms with van der Waals surface area (Å²) < 4.78 is 5.45. The zero-order chi connectivity index (χ0) is 11.7. The normalized spacial score (nSPS) is 10.7. The van der Waals surface area contributed by atoms with Gasteiger partial charge in [-0.25, -0.2) is 4.79 Å². The third kappa shape index (κ3) is 2.13. The van der Waals surface area contributed by atoms with Crippen molar-refractivity contribution in [2.75, 3.05) is 0 Å². The highest BCUT2D eigenvalue weighted by molar-refractivity contribution is 7.19. The van der Waals surface area contributed by atoms with Crippen LogP contribution in [-0.4, -0.2) is 6.47 Å². The fourth-order valence-corrected chi connectivity index (χ4v) is 3.12. The fourth-order valence-electron chi connectivity index (χ4n) is 1.31. The van der Waals surface area contributed by atoms with Crippen molar-refractivity contribution in [3.63, 3.8) is 0 Å². The molecular formula is C10H4Cl3O2S. The second kappa shape index (κ2) is 4.80. The van der Waals surface area contributed by atoms with Gasteiger partial charge >= 0.3 is 6.47 Å². The molecule has 0 saturated carbocycles. The van der Waals surface area contributed by atoms with E-state index in [-0.39, 0.29) is 6.61 Å². The number of carbonyl (C=O) groups excluding carboxylic acids is 1. The quantitative estimate of drug-likeness (QED) is 0.782. The third-order valence-corrected chi connectivity index (χ3v) is 4.31. The molecule has 0 saturated heterocycles. The van der Waals surface area contributed by atoms with E-state index >= 15 is 0 Å². The number of rotatable bonds is 3. The molecule has 6 heteroatoms. The van der Waals surface area contributed by atoms with Gasteiger partial charge in [0, 0.05) is 15.0 Å². The first-order chi connectivity index (χ1) is 7.63. The third-order valence-electron chi connectivity index (χ3n) is 1.98. The summed E-state index contributed by atoms with van der Waals surface area (Å²) in [6.07, 6.45) is 0. The summed E-state index contributed by atoms with van der Waals surface area (Å²) >= 11 is 19.3. The maximum atomic E-state index is 9.96. The monoisotopic (exact) mass is 293 g/mol. The molecule has 1 aromatic carbocycles. The van der Waals surface area contributed by atoms with Crippen LogP contribution in [-0.2, 0) is 16.1 Å². The summed E-state index contributed by atoms with van der Waals surface area (Å²) in [7, 11) is 0. The summed E-state index contributed by atoms with van der Waals surface area (Å²) in [6, 6.07) is 3.56. The van der Waals surface area contributed by atoms with Crippen LogP contribution in [0.1, 0.15) is 4.88 Å². The minimum atomic E-state index is 0.175. The Balaban J connectivity index is 2.53. The van der Waals surface area contributed by atoms with Crippen molar-refractivity contribution in [1.29, 1.82) is 0 Å². The van der Waals surface area contributed by atoms with Crippen LogP contribution in [0.2, 0.25) is 15.1 Å². The summed E-state index contributed by atoms with van der Waals surface area (Å²) in [6.45, 7) is 1.54. The largest absolute Gasteiger partial charge is 0.452 e. The molecule has 2 aromatic rings. The molecule has 1 heterocycles. The second-order valence-electron chi connectivity index (χ2n) is 2.98. The van der Waals surface area contributed by atoms with Gasteiger partial charge in [0.2, 0.25) is 0 Å². The van der Waals surface area contributed by atoms with Crippen LogP contribution in [0.5, 0.6) is 0 Å². The van der Waals surface area contributed by atoms with E-state index in [0.717, 1.165) is 15.0 Å². The van der Waals surface area contributed by atoms with E-state index in [1.807, 2.05) is 6.07 Å². The summed E-state index contributed by atoms with van der Waals surface area (Å²) in [4.78, 5) is 10.8. The molecule has 0 unspecified atom stereocenters. The standard InChI is InChI=1S/C10H4Cl3O2S/c11-7-2-8-6(9(12)10(7)13)1-5(16-8)3-15-4-14/h1-2H,3H2. The lowest BCUT2D eigenvalue weighted by Gasteiger charge is -1.99. The Morgan fingerprint density at radius 2 is 2.00 bits per heavy atom. The maximum Gasteiger partial charge on any atom is 0.417 e. The van der Waals surface area contributed by atoms with Crippen LogP contribution in [0, 0.1) is 0 Å². The summed E-state index contributed by atoms with van der Waals surface area (Å²) in [5, 5.41) is 1.98. The minimum Gasteiger partial charge on any atom is -0.452 e. The average Bonchev–Trinajstić information content (AvgIpc) is 2.66. The highest BCUT2D eigenvalue weighted by atomic mass is 35.5. The van der Waals surface area contributed by atoms with Gasteiger partial charge in [0.05, 0.1) is 15.1 Å². The molecule has 0 bridgehead atoms. The number of hydrogen-bond acceptors (Lipinski definition) is 3. The van der Waals surface area contributed by atoms with Crippen molar-refractivity contribution in [1.82, 2.24) is 0 Å². The summed E-state index contributed by atoms with van der Waals surface area (Å²) in [5.74, 6) is 0. The maximum absolute atomic E-state index is 9.96. The molecule has 0 amide bonds. The zero-order valence-corrected chi connectivity index (χ0v) is 10.8. The van der Waals surface area contributed by atoms with E-state index < -0.39 is 0 Å². The van der Waals surface area contributed by atoms with Crippen LogP contribution in [0.4, 0.5) is 0 Å². The smallest absolute Gasteiger partial charge is 0.417 e. The molecule has 2 nitrogen and oxygen atoms in total. The van der Waals surface area contributed by atoms with E-state index in [1.54, 1.807) is 6.07 Å². The zero-order valence-electron chi connectivity index (χ0n) is 7.72. The number of ether oxygens (including phenoxy) is 1. The Morgan fingerprint density at radius 3 is 2.69 bits per heavy atom. The molecule has 0 aliphatic rings. The van der Waals surface area contributed by atoms with Gasteiger partial charge in [0.25, 0.3) is 0 Å². The molecule has 83 valence electrons. The van der Waals surface area contributed by atoms with Gasteiger partial charge in [0.1, 0.15) is 6.61 Å². The van der Waals surface area contributed by atoms with Gasteiger partial charge in [0.15, 0.2) is 0 Å². The first-order valence-electron chi connectivity index (χ1n) is 4.18. The lowest BCUT2D eigenvalue weighted by molar-refractivity contribution is 0.270. The molecule has 0 atom stereocenters. The first kappa shape index (κ1) is 12.0. The molecule has 0 fully saturated rings. The SMILES string of the molecule is O=[C]OCc1cc2c(Cl)c(Cl)c(Cl)cc2s1. The number of hydrogen-bond donors (Lipinski definition) is 0. The van der Waals surface area contributed by atoms with Crippen molar-refractivity contribution in [3.05, 3.63) is 32.1 Å². The molecule has 1 radical (unpaired) electrons. The molecule has 0 N–H and O–H groups in total. The molecule has 0 aliphatic heterocycles. The predicted octanol–water partition coefficient (Wildman–Crippen LogP) is 4.45. The van der Waals surface area contributed by atoms with E-state index in [9.17, 15) is 4.79 Å². The van der Waals surface area contributed by atoms with Gasteiger partial charge in [-0.3, -0.25) is 0 Å². The molecule has 0 spiro atoms. The van der Waals surface area contributed by atoms with E-state index in [2.05, 4.69) is 4.74 Å².